The van der Waals surface area contributed by atoms with Gasteiger partial charge in [0.05, 0.1) is 8.80 Å². The van der Waals surface area contributed by atoms with Gasteiger partial charge in [-0.2, -0.15) is 12.7 Å². The quantitative estimate of drug-likeness (QED) is 0.763. The van der Waals surface area contributed by atoms with E-state index in [2.05, 4.69) is 18.1 Å². The molecule has 1 heterocycles. The van der Waals surface area contributed by atoms with Crippen LogP contribution in [0.5, 0.6) is 0 Å². The zero-order chi connectivity index (χ0) is 14.3. The van der Waals surface area contributed by atoms with Crippen LogP contribution in [0.25, 0.3) is 0 Å². The molecule has 0 amide bonds. The molecule has 1 aromatic heterocycles. The summed E-state index contributed by atoms with van der Waals surface area (Å²) < 4.78 is 27.6. The van der Waals surface area contributed by atoms with E-state index < -0.39 is 19.0 Å². The number of hydrogen-bond acceptors (Lipinski definition) is 3. The third kappa shape index (κ3) is 2.67. The zero-order valence-electron chi connectivity index (χ0n) is 12.2. The second kappa shape index (κ2) is 4.79. The van der Waals surface area contributed by atoms with Crippen molar-refractivity contribution in [2.45, 2.75) is 39.3 Å². The van der Waals surface area contributed by atoms with Gasteiger partial charge in [-0.15, -0.1) is 0 Å². The maximum atomic E-state index is 12.5. The maximum absolute atomic E-state index is 12.5. The van der Waals surface area contributed by atoms with E-state index in [-0.39, 0.29) is 5.41 Å². The molecule has 5 nitrogen and oxygen atoms in total. The smallest absolute Gasteiger partial charge is 0.240 e. The largest absolute Gasteiger partial charge is 0.308 e. The van der Waals surface area contributed by atoms with Crippen LogP contribution in [-0.2, 0) is 15.6 Å². The van der Waals surface area contributed by atoms with Crippen LogP contribution in [0.2, 0.25) is 13.1 Å². The second-order valence-electron chi connectivity index (χ2n) is 5.97. The van der Waals surface area contributed by atoms with Crippen molar-refractivity contribution in [2.75, 3.05) is 14.1 Å². The van der Waals surface area contributed by atoms with E-state index in [9.17, 15) is 8.42 Å². The van der Waals surface area contributed by atoms with Crippen molar-refractivity contribution in [3.8, 4) is 0 Å². The molecule has 0 aliphatic carbocycles. The fourth-order valence-electron chi connectivity index (χ4n) is 1.64. The minimum absolute atomic E-state index is 0.301. The molecule has 0 unspecified atom stereocenters. The summed E-state index contributed by atoms with van der Waals surface area (Å²) in [5.41, 5.74) is -0.301. The molecule has 0 aliphatic rings. The molecule has 0 aromatic carbocycles. The fourth-order valence-corrected chi connectivity index (χ4v) is 4.82. The molecule has 7 heteroatoms. The van der Waals surface area contributed by atoms with E-state index in [1.807, 2.05) is 20.8 Å². The summed E-state index contributed by atoms with van der Waals surface area (Å²) in [6, 6.07) is 0. The van der Waals surface area contributed by atoms with Gasteiger partial charge in [-0.3, -0.25) is 0 Å². The Bertz CT molecular complexity index is 527. The second-order valence-corrected chi connectivity index (χ2v) is 10.9. The standard InChI is InChI=1S/C11H23N3O2SSi/c1-11(2,3)10-12-8-9(18(6)7)14(10)17(15,16)13(4)5/h8,18H,1-7H3. The lowest BCUT2D eigenvalue weighted by Crippen LogP contribution is -2.42. The molecule has 0 radical (unpaired) electrons. The highest BCUT2D eigenvalue weighted by molar-refractivity contribution is 7.87. The molecular formula is C11H23N3O2SSi. The van der Waals surface area contributed by atoms with Gasteiger partial charge in [-0.25, -0.2) is 8.96 Å². The van der Waals surface area contributed by atoms with Crippen LogP contribution in [0.1, 0.15) is 26.6 Å². The SMILES string of the molecule is CN(C)S(=O)(=O)n1c([SiH](C)C)cnc1C(C)(C)C. The van der Waals surface area contributed by atoms with Gasteiger partial charge in [0.1, 0.15) is 5.82 Å². The summed E-state index contributed by atoms with van der Waals surface area (Å²) in [5, 5.41) is 0.855. The van der Waals surface area contributed by atoms with Crippen molar-refractivity contribution >= 4 is 24.3 Å². The summed E-state index contributed by atoms with van der Waals surface area (Å²) in [6.45, 7) is 10.1. The predicted octanol–water partition coefficient (Wildman–Crippen LogP) is 0.529. The van der Waals surface area contributed by atoms with E-state index in [1.165, 1.54) is 8.28 Å². The van der Waals surface area contributed by atoms with Crippen LogP contribution in [0.3, 0.4) is 0 Å². The third-order valence-electron chi connectivity index (χ3n) is 2.70. The Balaban J connectivity index is 3.63. The Morgan fingerprint density at radius 1 is 1.28 bits per heavy atom. The number of hydrogen-bond donors (Lipinski definition) is 0. The summed E-state index contributed by atoms with van der Waals surface area (Å²) in [6.07, 6.45) is 1.72. The minimum atomic E-state index is -3.50. The molecule has 0 fully saturated rings. The van der Waals surface area contributed by atoms with E-state index in [0.29, 0.717) is 5.82 Å². The zero-order valence-corrected chi connectivity index (χ0v) is 14.2. The van der Waals surface area contributed by atoms with E-state index in [1.54, 1.807) is 20.3 Å². The lowest BCUT2D eigenvalue weighted by Gasteiger charge is -2.24. The highest BCUT2D eigenvalue weighted by atomic mass is 32.2. The number of imidazole rings is 1. The summed E-state index contributed by atoms with van der Waals surface area (Å²) in [7, 11) is -1.67. The van der Waals surface area contributed by atoms with E-state index in [4.69, 9.17) is 0 Å². The lowest BCUT2D eigenvalue weighted by atomic mass is 9.96. The molecule has 0 aliphatic heterocycles. The van der Waals surface area contributed by atoms with Gasteiger partial charge in [0.25, 0.3) is 0 Å². The van der Waals surface area contributed by atoms with E-state index >= 15 is 0 Å². The van der Waals surface area contributed by atoms with Gasteiger partial charge in [0.2, 0.25) is 0 Å². The van der Waals surface area contributed by atoms with Gasteiger partial charge < -0.3 is 0 Å². The minimum Gasteiger partial charge on any atom is -0.240 e. The Kier molecular flexibility index (Phi) is 4.09. The highest BCUT2D eigenvalue weighted by Crippen LogP contribution is 2.21. The average molecular weight is 289 g/mol. The topological polar surface area (TPSA) is 55.2 Å². The lowest BCUT2D eigenvalue weighted by molar-refractivity contribution is 0.491. The van der Waals surface area contributed by atoms with Gasteiger partial charge in [-0.05, 0) is 0 Å². The van der Waals surface area contributed by atoms with Crippen molar-refractivity contribution < 1.29 is 8.42 Å². The first-order valence-electron chi connectivity index (χ1n) is 6.00. The van der Waals surface area contributed by atoms with Crippen molar-refractivity contribution in [2.24, 2.45) is 0 Å². The Labute approximate surface area is 112 Å². The Morgan fingerprint density at radius 2 is 1.78 bits per heavy atom. The van der Waals surface area contributed by atoms with Crippen LogP contribution in [0, 0.1) is 0 Å². The van der Waals surface area contributed by atoms with Gasteiger partial charge in [0.15, 0.2) is 0 Å². The molecule has 1 aromatic rings. The summed E-state index contributed by atoms with van der Waals surface area (Å²) in [4.78, 5) is 4.35. The highest BCUT2D eigenvalue weighted by Gasteiger charge is 2.31. The Hall–Kier alpha value is -0.663. The van der Waals surface area contributed by atoms with Crippen molar-refractivity contribution in [3.63, 3.8) is 0 Å². The molecule has 0 saturated heterocycles. The van der Waals surface area contributed by atoms with Crippen LogP contribution in [0.15, 0.2) is 6.20 Å². The van der Waals surface area contributed by atoms with E-state index in [0.717, 1.165) is 5.32 Å². The molecule has 0 N–H and O–H groups in total. The Morgan fingerprint density at radius 3 is 2.11 bits per heavy atom. The molecule has 1 rings (SSSR count). The fraction of sp³-hybridized carbons (Fsp3) is 0.727. The number of aromatic nitrogens is 2. The number of rotatable bonds is 3. The molecule has 104 valence electrons. The predicted molar refractivity (Wildman–Crippen MR) is 77.4 cm³/mol. The molecule has 0 saturated carbocycles. The van der Waals surface area contributed by atoms with Crippen LogP contribution < -0.4 is 5.32 Å². The normalized spacial score (nSPS) is 13.6. The maximum Gasteiger partial charge on any atom is 0.308 e. The van der Waals surface area contributed by atoms with Crippen LogP contribution >= 0.6 is 0 Å². The molecule has 0 atom stereocenters. The monoisotopic (exact) mass is 289 g/mol. The average Bonchev–Trinajstić information content (AvgIpc) is 2.60. The molecule has 0 spiro atoms. The first kappa shape index (κ1) is 15.4. The van der Waals surface area contributed by atoms with Gasteiger partial charge in [0, 0.05) is 31.0 Å². The van der Waals surface area contributed by atoms with Gasteiger partial charge in [-0.1, -0.05) is 33.9 Å². The van der Waals surface area contributed by atoms with Gasteiger partial charge >= 0.3 is 10.2 Å². The molecular weight excluding hydrogens is 266 g/mol. The van der Waals surface area contributed by atoms with Crippen molar-refractivity contribution in [1.29, 1.82) is 0 Å². The summed E-state index contributed by atoms with van der Waals surface area (Å²) in [5.74, 6) is 0.604. The molecule has 18 heavy (non-hydrogen) atoms. The summed E-state index contributed by atoms with van der Waals surface area (Å²) >= 11 is 0. The first-order chi connectivity index (χ1) is 7.99. The first-order valence-corrected chi connectivity index (χ1v) is 10.3. The van der Waals surface area contributed by atoms with Crippen LogP contribution in [-0.4, -0.2) is 44.6 Å². The van der Waals surface area contributed by atoms with Crippen LogP contribution in [0.4, 0.5) is 0 Å². The molecule has 0 bridgehead atoms. The number of nitrogens with zero attached hydrogens (tertiary/aromatic N) is 3. The van der Waals surface area contributed by atoms with Crippen molar-refractivity contribution in [3.05, 3.63) is 12.0 Å². The van der Waals surface area contributed by atoms with Crippen molar-refractivity contribution in [1.82, 2.24) is 13.3 Å². The third-order valence-corrected chi connectivity index (χ3v) is 6.25.